The number of hydrogen-bond acceptors (Lipinski definition) is 3. The molecule has 0 saturated heterocycles. The van der Waals surface area contributed by atoms with Gasteiger partial charge in [0.05, 0.1) is 11.2 Å². The van der Waals surface area contributed by atoms with Crippen molar-refractivity contribution in [1.29, 1.82) is 0 Å². The van der Waals surface area contributed by atoms with E-state index in [1.807, 2.05) is 30.3 Å². The highest BCUT2D eigenvalue weighted by molar-refractivity contribution is 7.89. The van der Waals surface area contributed by atoms with Crippen molar-refractivity contribution in [1.82, 2.24) is 14.5 Å². The lowest BCUT2D eigenvalue weighted by molar-refractivity contribution is 0.563. The van der Waals surface area contributed by atoms with Crippen LogP contribution >= 0.6 is 11.6 Å². The van der Waals surface area contributed by atoms with E-state index < -0.39 is 10.0 Å². The van der Waals surface area contributed by atoms with Crippen molar-refractivity contribution in [3.05, 3.63) is 47.1 Å². The van der Waals surface area contributed by atoms with Crippen LogP contribution in [0.3, 0.4) is 0 Å². The summed E-state index contributed by atoms with van der Waals surface area (Å²) in [7, 11) is -2.13. The Morgan fingerprint density at radius 2 is 2.00 bits per heavy atom. The lowest BCUT2D eigenvalue weighted by atomic mass is 10.2. The van der Waals surface area contributed by atoms with E-state index in [0.29, 0.717) is 0 Å². The number of halogens is 1. The molecule has 0 atom stereocenters. The zero-order valence-electron chi connectivity index (χ0n) is 9.67. The molecule has 0 saturated carbocycles. The van der Waals surface area contributed by atoms with Gasteiger partial charge in [0.15, 0.2) is 5.03 Å². The molecule has 5 nitrogen and oxygen atoms in total. The minimum absolute atomic E-state index is 0.0277. The first-order valence-corrected chi connectivity index (χ1v) is 7.08. The lowest BCUT2D eigenvalue weighted by Crippen LogP contribution is -2.25. The van der Waals surface area contributed by atoms with Crippen LogP contribution in [-0.2, 0) is 23.6 Å². The van der Waals surface area contributed by atoms with Gasteiger partial charge in [0.25, 0.3) is 10.0 Å². The van der Waals surface area contributed by atoms with Gasteiger partial charge in [-0.1, -0.05) is 41.9 Å². The minimum atomic E-state index is -3.66. The van der Waals surface area contributed by atoms with Crippen molar-refractivity contribution in [2.75, 3.05) is 0 Å². The minimum Gasteiger partial charge on any atom is -0.255 e. The summed E-state index contributed by atoms with van der Waals surface area (Å²) in [5.74, 6) is 0. The molecule has 0 bridgehead atoms. The molecule has 0 spiro atoms. The summed E-state index contributed by atoms with van der Waals surface area (Å²) in [6.45, 7) is 0.213. The third kappa shape index (κ3) is 2.72. The van der Waals surface area contributed by atoms with Gasteiger partial charge in [0.2, 0.25) is 0 Å². The van der Waals surface area contributed by atoms with Crippen LogP contribution < -0.4 is 4.72 Å². The van der Waals surface area contributed by atoms with Crippen LogP contribution in [-0.4, -0.2) is 18.2 Å². The number of rotatable bonds is 4. The topological polar surface area (TPSA) is 64.0 Å². The Morgan fingerprint density at radius 1 is 1.33 bits per heavy atom. The maximum atomic E-state index is 12.1. The molecule has 0 aliphatic heterocycles. The number of nitrogens with one attached hydrogen (secondary N) is 1. The molecular weight excluding hydrogens is 274 g/mol. The van der Waals surface area contributed by atoms with Gasteiger partial charge < -0.3 is 0 Å². The van der Waals surface area contributed by atoms with E-state index in [4.69, 9.17) is 11.6 Å². The molecule has 96 valence electrons. The van der Waals surface area contributed by atoms with Gasteiger partial charge in [-0.2, -0.15) is 5.10 Å². The van der Waals surface area contributed by atoms with Crippen molar-refractivity contribution in [2.24, 2.45) is 7.05 Å². The number of benzene rings is 1. The highest BCUT2D eigenvalue weighted by atomic mass is 35.5. The maximum absolute atomic E-state index is 12.1. The molecule has 1 aromatic heterocycles. The average molecular weight is 286 g/mol. The standard InChI is InChI=1S/C11H12ClN3O2S/c1-15-11(10(12)8-13-15)18(16,17)14-7-9-5-3-2-4-6-9/h2-6,8,14H,7H2,1H3. The summed E-state index contributed by atoms with van der Waals surface area (Å²) in [5, 5.41) is 3.88. The largest absolute Gasteiger partial charge is 0.259 e. The Kier molecular flexibility index (Phi) is 3.70. The van der Waals surface area contributed by atoms with Crippen LogP contribution in [0.4, 0.5) is 0 Å². The molecule has 7 heteroatoms. The molecule has 0 fully saturated rings. The second-order valence-corrected chi connectivity index (χ2v) is 5.82. The van der Waals surface area contributed by atoms with Crippen molar-refractivity contribution < 1.29 is 8.42 Å². The highest BCUT2D eigenvalue weighted by Crippen LogP contribution is 2.19. The van der Waals surface area contributed by atoms with E-state index in [-0.39, 0.29) is 16.6 Å². The molecule has 2 aromatic rings. The van der Waals surface area contributed by atoms with Gasteiger partial charge >= 0.3 is 0 Å². The second kappa shape index (κ2) is 5.09. The number of nitrogens with zero attached hydrogens (tertiary/aromatic N) is 2. The summed E-state index contributed by atoms with van der Waals surface area (Å²) in [5.41, 5.74) is 0.874. The zero-order chi connectivity index (χ0) is 13.2. The smallest absolute Gasteiger partial charge is 0.255 e. The summed E-state index contributed by atoms with van der Waals surface area (Å²) >= 11 is 5.81. The first-order valence-electron chi connectivity index (χ1n) is 5.22. The van der Waals surface area contributed by atoms with Crippen LogP contribution in [0.15, 0.2) is 41.6 Å². The zero-order valence-corrected chi connectivity index (χ0v) is 11.2. The molecule has 0 amide bonds. The summed E-state index contributed by atoms with van der Waals surface area (Å²) < 4.78 is 27.8. The van der Waals surface area contributed by atoms with Gasteiger partial charge in [-0.3, -0.25) is 4.68 Å². The molecule has 0 unspecified atom stereocenters. The number of aryl methyl sites for hydroxylation is 1. The summed E-state index contributed by atoms with van der Waals surface area (Å²) in [6, 6.07) is 9.25. The molecule has 0 aliphatic carbocycles. The van der Waals surface area contributed by atoms with Crippen molar-refractivity contribution >= 4 is 21.6 Å². The van der Waals surface area contributed by atoms with Gasteiger partial charge in [-0.05, 0) is 5.56 Å². The van der Waals surface area contributed by atoms with Crippen molar-refractivity contribution in [3.63, 3.8) is 0 Å². The summed E-state index contributed by atoms with van der Waals surface area (Å²) in [6.07, 6.45) is 1.30. The predicted octanol–water partition coefficient (Wildman–Crippen LogP) is 1.55. The fourth-order valence-electron chi connectivity index (χ4n) is 1.54. The third-order valence-corrected chi connectivity index (χ3v) is 4.31. The Balaban J connectivity index is 2.19. The molecule has 1 heterocycles. The lowest BCUT2D eigenvalue weighted by Gasteiger charge is -2.07. The van der Waals surface area contributed by atoms with E-state index in [1.54, 1.807) is 0 Å². The van der Waals surface area contributed by atoms with Gasteiger partial charge in [0.1, 0.15) is 0 Å². The van der Waals surface area contributed by atoms with Crippen LogP contribution in [0, 0.1) is 0 Å². The van der Waals surface area contributed by atoms with Crippen LogP contribution in [0.2, 0.25) is 5.02 Å². The second-order valence-electron chi connectivity index (χ2n) is 3.73. The molecule has 18 heavy (non-hydrogen) atoms. The molecule has 0 aliphatic rings. The van der Waals surface area contributed by atoms with Crippen LogP contribution in [0.25, 0.3) is 0 Å². The van der Waals surface area contributed by atoms with Crippen LogP contribution in [0.5, 0.6) is 0 Å². The number of sulfonamides is 1. The van der Waals surface area contributed by atoms with Gasteiger partial charge in [0, 0.05) is 13.6 Å². The fourth-order valence-corrected chi connectivity index (χ4v) is 3.21. The van der Waals surface area contributed by atoms with Crippen LogP contribution in [0.1, 0.15) is 5.56 Å². The number of aromatic nitrogens is 2. The molecule has 0 radical (unpaired) electrons. The summed E-state index contributed by atoms with van der Waals surface area (Å²) in [4.78, 5) is 0. The highest BCUT2D eigenvalue weighted by Gasteiger charge is 2.22. The normalized spacial score (nSPS) is 11.7. The van der Waals surface area contributed by atoms with E-state index in [2.05, 4.69) is 9.82 Å². The van der Waals surface area contributed by atoms with E-state index in [0.717, 1.165) is 5.56 Å². The Labute approximate surface area is 110 Å². The average Bonchev–Trinajstić information content (AvgIpc) is 2.69. The molecule has 2 rings (SSSR count). The number of hydrogen-bond donors (Lipinski definition) is 1. The third-order valence-electron chi connectivity index (χ3n) is 2.41. The van der Waals surface area contributed by atoms with Crippen molar-refractivity contribution in [2.45, 2.75) is 11.6 Å². The maximum Gasteiger partial charge on any atom is 0.259 e. The van der Waals surface area contributed by atoms with Crippen molar-refractivity contribution in [3.8, 4) is 0 Å². The molecule has 1 N–H and O–H groups in total. The van der Waals surface area contributed by atoms with Gasteiger partial charge in [-0.15, -0.1) is 0 Å². The predicted molar refractivity (Wildman–Crippen MR) is 68.7 cm³/mol. The fraction of sp³-hybridized carbons (Fsp3) is 0.182. The Morgan fingerprint density at radius 3 is 2.56 bits per heavy atom. The Bertz CT molecular complexity index is 618. The quantitative estimate of drug-likeness (QED) is 0.927. The first kappa shape index (κ1) is 13.1. The first-order chi connectivity index (χ1) is 8.50. The van der Waals surface area contributed by atoms with E-state index >= 15 is 0 Å². The van der Waals surface area contributed by atoms with E-state index in [9.17, 15) is 8.42 Å². The van der Waals surface area contributed by atoms with E-state index in [1.165, 1.54) is 17.9 Å². The van der Waals surface area contributed by atoms with Gasteiger partial charge in [-0.25, -0.2) is 13.1 Å². The monoisotopic (exact) mass is 285 g/mol. The SMILES string of the molecule is Cn1ncc(Cl)c1S(=O)(=O)NCc1ccccc1. The molecule has 1 aromatic carbocycles. The molecular formula is C11H12ClN3O2S. The Hall–Kier alpha value is -1.37.